The SMILES string of the molecule is O=C(COC(=O)c1cc(-c2cccs2)nc2ccccc12)Nc1ccc(S(=O)(=O)N2CCCCC2)cc1. The molecule has 3 heterocycles. The highest BCUT2D eigenvalue weighted by Gasteiger charge is 2.25. The summed E-state index contributed by atoms with van der Waals surface area (Å²) in [4.78, 5) is 31.2. The van der Waals surface area contributed by atoms with Gasteiger partial charge in [0.1, 0.15) is 0 Å². The van der Waals surface area contributed by atoms with E-state index in [2.05, 4.69) is 10.3 Å². The van der Waals surface area contributed by atoms with Crippen molar-refractivity contribution in [1.29, 1.82) is 0 Å². The highest BCUT2D eigenvalue weighted by atomic mass is 32.2. The highest BCUT2D eigenvalue weighted by molar-refractivity contribution is 7.89. The lowest BCUT2D eigenvalue weighted by Crippen LogP contribution is -2.35. The van der Waals surface area contributed by atoms with Crippen LogP contribution in [-0.2, 0) is 19.6 Å². The molecule has 0 atom stereocenters. The van der Waals surface area contributed by atoms with Crippen molar-refractivity contribution < 1.29 is 22.7 Å². The van der Waals surface area contributed by atoms with E-state index in [4.69, 9.17) is 4.74 Å². The number of carbonyl (C=O) groups is 2. The summed E-state index contributed by atoms with van der Waals surface area (Å²) >= 11 is 1.52. The van der Waals surface area contributed by atoms with Gasteiger partial charge in [0, 0.05) is 24.2 Å². The van der Waals surface area contributed by atoms with E-state index >= 15 is 0 Å². The number of thiophene rings is 1. The fourth-order valence-electron chi connectivity index (χ4n) is 4.27. The molecule has 0 saturated carbocycles. The molecule has 1 amide bonds. The number of para-hydroxylation sites is 1. The molecule has 10 heteroatoms. The molecule has 0 bridgehead atoms. The standard InChI is InChI=1S/C27H25N3O5S2/c31-26(28-19-10-12-20(13-11-19)37(33,34)30-14-4-1-5-15-30)18-35-27(32)22-17-24(25-9-6-16-36-25)29-23-8-3-2-7-21(22)23/h2-3,6-13,16-17H,1,4-5,14-15,18H2,(H,28,31). The first-order chi connectivity index (χ1) is 17.9. The second-order valence-corrected chi connectivity index (χ2v) is 11.5. The first-order valence-electron chi connectivity index (χ1n) is 11.9. The van der Waals surface area contributed by atoms with E-state index in [1.807, 2.05) is 35.7 Å². The van der Waals surface area contributed by atoms with Crippen LogP contribution in [0.25, 0.3) is 21.5 Å². The second kappa shape index (κ2) is 10.8. The zero-order valence-electron chi connectivity index (χ0n) is 19.9. The van der Waals surface area contributed by atoms with Crippen molar-refractivity contribution in [2.75, 3.05) is 25.0 Å². The largest absolute Gasteiger partial charge is 0.452 e. The Morgan fingerprint density at radius 2 is 1.73 bits per heavy atom. The summed E-state index contributed by atoms with van der Waals surface area (Å²) in [5.74, 6) is -1.16. The molecule has 1 aliphatic rings. The maximum absolute atomic E-state index is 12.9. The normalized spacial score (nSPS) is 14.4. The molecule has 1 aliphatic heterocycles. The molecule has 0 aliphatic carbocycles. The molecule has 4 aromatic rings. The Hall–Kier alpha value is -3.60. The number of rotatable bonds is 7. The Labute approximate surface area is 219 Å². The minimum Gasteiger partial charge on any atom is -0.452 e. The summed E-state index contributed by atoms with van der Waals surface area (Å²) in [6.07, 6.45) is 2.75. The first-order valence-corrected chi connectivity index (χ1v) is 14.2. The van der Waals surface area contributed by atoms with Gasteiger partial charge >= 0.3 is 5.97 Å². The number of ether oxygens (including phenoxy) is 1. The Kier molecular flexibility index (Phi) is 7.31. The van der Waals surface area contributed by atoms with Crippen LogP contribution in [0.2, 0.25) is 0 Å². The van der Waals surface area contributed by atoms with Crippen LogP contribution in [0.1, 0.15) is 29.6 Å². The molecule has 2 aromatic carbocycles. The van der Waals surface area contributed by atoms with Crippen molar-refractivity contribution in [2.45, 2.75) is 24.2 Å². The molecule has 37 heavy (non-hydrogen) atoms. The number of esters is 1. The van der Waals surface area contributed by atoms with Crippen molar-refractivity contribution in [3.63, 3.8) is 0 Å². The third-order valence-corrected chi connectivity index (χ3v) is 8.94. The Morgan fingerprint density at radius 1 is 0.973 bits per heavy atom. The van der Waals surface area contributed by atoms with Gasteiger partial charge in [-0.1, -0.05) is 30.7 Å². The molecule has 0 spiro atoms. The number of sulfonamides is 1. The summed E-state index contributed by atoms with van der Waals surface area (Å²) < 4.78 is 32.4. The van der Waals surface area contributed by atoms with Crippen LogP contribution in [0.15, 0.2) is 77.0 Å². The average molecular weight is 536 g/mol. The summed E-state index contributed by atoms with van der Waals surface area (Å²) in [5.41, 5.74) is 2.05. The van der Waals surface area contributed by atoms with Gasteiger partial charge in [-0.3, -0.25) is 4.79 Å². The van der Waals surface area contributed by atoms with E-state index < -0.39 is 28.5 Å². The lowest BCUT2D eigenvalue weighted by molar-refractivity contribution is -0.119. The maximum atomic E-state index is 12.9. The van der Waals surface area contributed by atoms with Crippen LogP contribution in [0.5, 0.6) is 0 Å². The molecular formula is C27H25N3O5S2. The average Bonchev–Trinajstić information content (AvgIpc) is 3.47. The lowest BCUT2D eigenvalue weighted by Gasteiger charge is -2.25. The molecule has 0 unspecified atom stereocenters. The minimum absolute atomic E-state index is 0.185. The molecule has 8 nitrogen and oxygen atoms in total. The van der Waals surface area contributed by atoms with Gasteiger partial charge in [0.25, 0.3) is 5.91 Å². The molecule has 5 rings (SSSR count). The fraction of sp³-hybridized carbons (Fsp3) is 0.222. The molecule has 190 valence electrons. The number of aromatic nitrogens is 1. The molecule has 0 radical (unpaired) electrons. The number of anilines is 1. The van der Waals surface area contributed by atoms with Crippen LogP contribution in [0, 0.1) is 0 Å². The van der Waals surface area contributed by atoms with Crippen molar-refractivity contribution in [1.82, 2.24) is 9.29 Å². The summed E-state index contributed by atoms with van der Waals surface area (Å²) in [5, 5.41) is 5.21. The first kappa shape index (κ1) is 25.1. The number of nitrogens with zero attached hydrogens (tertiary/aromatic N) is 2. The number of fused-ring (bicyclic) bond motifs is 1. The van der Waals surface area contributed by atoms with Gasteiger partial charge in [0.2, 0.25) is 10.0 Å². The zero-order chi connectivity index (χ0) is 25.8. The van der Waals surface area contributed by atoms with Crippen LogP contribution < -0.4 is 5.32 Å². The van der Waals surface area contributed by atoms with Crippen molar-refractivity contribution in [2.24, 2.45) is 0 Å². The number of hydrogen-bond acceptors (Lipinski definition) is 7. The van der Waals surface area contributed by atoms with E-state index in [1.165, 1.54) is 39.9 Å². The molecule has 2 aromatic heterocycles. The maximum Gasteiger partial charge on any atom is 0.339 e. The smallest absolute Gasteiger partial charge is 0.339 e. The number of nitrogens with one attached hydrogen (secondary N) is 1. The molecular weight excluding hydrogens is 510 g/mol. The predicted octanol–water partition coefficient (Wildman–Crippen LogP) is 4.93. The molecule has 1 fully saturated rings. The van der Waals surface area contributed by atoms with Gasteiger partial charge in [-0.2, -0.15) is 4.31 Å². The topological polar surface area (TPSA) is 106 Å². The van der Waals surface area contributed by atoms with E-state index in [0.717, 1.165) is 24.1 Å². The summed E-state index contributed by atoms with van der Waals surface area (Å²) in [7, 11) is -3.55. The number of carbonyl (C=O) groups excluding carboxylic acids is 2. The van der Waals surface area contributed by atoms with Crippen molar-refractivity contribution >= 4 is 49.8 Å². The van der Waals surface area contributed by atoms with E-state index in [1.54, 1.807) is 12.1 Å². The van der Waals surface area contributed by atoms with Crippen molar-refractivity contribution in [3.8, 4) is 10.6 Å². The Bertz CT molecular complexity index is 1530. The third-order valence-electron chi connectivity index (χ3n) is 6.13. The van der Waals surface area contributed by atoms with Gasteiger partial charge in [0.15, 0.2) is 6.61 Å². The summed E-state index contributed by atoms with van der Waals surface area (Å²) in [6, 6.07) is 18.8. The van der Waals surface area contributed by atoms with Crippen LogP contribution in [0.4, 0.5) is 5.69 Å². The van der Waals surface area contributed by atoms with E-state index in [-0.39, 0.29) is 4.90 Å². The quantitative estimate of drug-likeness (QED) is 0.336. The Morgan fingerprint density at radius 3 is 2.46 bits per heavy atom. The third kappa shape index (κ3) is 5.56. The number of benzene rings is 2. The van der Waals surface area contributed by atoms with Crippen LogP contribution in [0.3, 0.4) is 0 Å². The molecule has 1 N–H and O–H groups in total. The van der Waals surface area contributed by atoms with E-state index in [0.29, 0.717) is 40.9 Å². The van der Waals surface area contributed by atoms with Gasteiger partial charge in [-0.15, -0.1) is 11.3 Å². The number of hydrogen-bond donors (Lipinski definition) is 1. The minimum atomic E-state index is -3.55. The number of amides is 1. The lowest BCUT2D eigenvalue weighted by atomic mass is 10.1. The molecule has 1 saturated heterocycles. The van der Waals surface area contributed by atoms with E-state index in [9.17, 15) is 18.0 Å². The Balaban J connectivity index is 1.24. The van der Waals surface area contributed by atoms with Crippen molar-refractivity contribution in [3.05, 3.63) is 77.7 Å². The fourth-order valence-corrected chi connectivity index (χ4v) is 6.47. The van der Waals surface area contributed by atoms with Gasteiger partial charge < -0.3 is 10.1 Å². The highest BCUT2D eigenvalue weighted by Crippen LogP contribution is 2.28. The van der Waals surface area contributed by atoms with Gasteiger partial charge in [-0.05, 0) is 60.7 Å². The monoisotopic (exact) mass is 535 g/mol. The number of pyridine rings is 1. The van der Waals surface area contributed by atoms with Gasteiger partial charge in [0.05, 0.1) is 26.5 Å². The van der Waals surface area contributed by atoms with Gasteiger partial charge in [-0.25, -0.2) is 18.2 Å². The number of piperidine rings is 1. The zero-order valence-corrected chi connectivity index (χ0v) is 21.6. The van der Waals surface area contributed by atoms with Crippen LogP contribution in [-0.4, -0.2) is 49.3 Å². The predicted molar refractivity (Wildman–Crippen MR) is 143 cm³/mol. The summed E-state index contributed by atoms with van der Waals surface area (Å²) in [6.45, 7) is 0.555. The van der Waals surface area contributed by atoms with Crippen LogP contribution >= 0.6 is 11.3 Å². The second-order valence-electron chi connectivity index (χ2n) is 8.66.